The van der Waals surface area contributed by atoms with Gasteiger partial charge >= 0.3 is 0 Å². The maximum absolute atomic E-state index is 10.9. The lowest BCUT2D eigenvalue weighted by Crippen LogP contribution is -2.25. The third-order valence-electron chi connectivity index (χ3n) is 4.36. The Hall–Kier alpha value is -2.70. The molecule has 1 aliphatic heterocycles. The highest BCUT2D eigenvalue weighted by Crippen LogP contribution is 2.42. The lowest BCUT2D eigenvalue weighted by atomic mass is 9.97. The molecular weight excluding hydrogens is 396 g/mol. The topological polar surface area (TPSA) is 64.4 Å². The van der Waals surface area contributed by atoms with Crippen molar-refractivity contribution >= 4 is 27.3 Å². The number of nitrogens with one attached hydrogen (secondary N) is 1. The minimum Gasteiger partial charge on any atom is -0.356 e. The fraction of sp³-hybridized carbons (Fsp3) is 0.100. The molecule has 0 aromatic heterocycles. The van der Waals surface area contributed by atoms with Gasteiger partial charge in [0, 0.05) is 33.4 Å². The molecule has 0 spiro atoms. The van der Waals surface area contributed by atoms with Gasteiger partial charge in [0.1, 0.15) is 6.10 Å². The van der Waals surface area contributed by atoms with Gasteiger partial charge in [-0.3, -0.25) is 10.1 Å². The summed E-state index contributed by atoms with van der Waals surface area (Å²) in [4.78, 5) is 10.5. The number of ether oxygens (including phenoxy) is 1. The van der Waals surface area contributed by atoms with Gasteiger partial charge in [-0.2, -0.15) is 0 Å². The molecule has 26 heavy (non-hydrogen) atoms. The molecule has 0 bridgehead atoms. The molecular formula is C20H15BrN2O3. The maximum Gasteiger partial charge on any atom is 0.269 e. The number of benzene rings is 3. The van der Waals surface area contributed by atoms with Crippen molar-refractivity contribution in [3.63, 3.8) is 0 Å². The van der Waals surface area contributed by atoms with Gasteiger partial charge in [-0.05, 0) is 35.9 Å². The first kappa shape index (κ1) is 16.8. The van der Waals surface area contributed by atoms with E-state index in [1.807, 2.05) is 48.5 Å². The van der Waals surface area contributed by atoms with Gasteiger partial charge in [0.2, 0.25) is 0 Å². The Balaban J connectivity index is 1.73. The highest BCUT2D eigenvalue weighted by atomic mass is 79.9. The second-order valence-corrected chi connectivity index (χ2v) is 6.95. The monoisotopic (exact) mass is 410 g/mol. The predicted molar refractivity (Wildman–Crippen MR) is 103 cm³/mol. The summed E-state index contributed by atoms with van der Waals surface area (Å²) in [5.41, 5.74) is 3.99. The van der Waals surface area contributed by atoms with Crippen molar-refractivity contribution in [3.05, 3.63) is 104 Å². The van der Waals surface area contributed by atoms with Gasteiger partial charge in [0.05, 0.1) is 4.92 Å². The Kier molecular flexibility index (Phi) is 4.44. The first-order chi connectivity index (χ1) is 12.6. The van der Waals surface area contributed by atoms with Gasteiger partial charge in [0.25, 0.3) is 5.69 Å². The van der Waals surface area contributed by atoms with Crippen LogP contribution in [0.3, 0.4) is 0 Å². The highest BCUT2D eigenvalue weighted by Gasteiger charge is 2.29. The summed E-state index contributed by atoms with van der Waals surface area (Å²) in [6, 6.07) is 22.5. The number of nitrogens with zero attached hydrogens (tertiary/aromatic N) is 1. The zero-order valence-electron chi connectivity index (χ0n) is 13.6. The van der Waals surface area contributed by atoms with Gasteiger partial charge < -0.3 is 10.1 Å². The number of hydrogen-bond donors (Lipinski definition) is 1. The quantitative estimate of drug-likeness (QED) is 0.451. The minimum atomic E-state index is -0.404. The van der Waals surface area contributed by atoms with Crippen molar-refractivity contribution in [2.45, 2.75) is 12.3 Å². The van der Waals surface area contributed by atoms with Gasteiger partial charge in [-0.15, -0.1) is 0 Å². The minimum absolute atomic E-state index is 0.0634. The summed E-state index contributed by atoms with van der Waals surface area (Å²) in [5.74, 6) is 0. The first-order valence-corrected chi connectivity index (χ1v) is 8.92. The first-order valence-electron chi connectivity index (χ1n) is 8.12. The summed E-state index contributed by atoms with van der Waals surface area (Å²) in [6.45, 7) is 0. The SMILES string of the molecule is O=[N+]([O-])c1ccc([C@@H]2Nc3ccc(Br)cc3[C@@H](c3ccccc3)O2)cc1. The standard InChI is InChI=1S/C20H15BrN2O3/c21-15-8-11-18-17(12-15)19(13-4-2-1-3-5-13)26-20(22-18)14-6-9-16(10-7-14)23(24)25/h1-12,19-20,22H/t19-,20-/m1/s1. The average Bonchev–Trinajstić information content (AvgIpc) is 2.68. The number of rotatable bonds is 3. The zero-order chi connectivity index (χ0) is 18.1. The molecule has 130 valence electrons. The number of anilines is 1. The van der Waals surface area contributed by atoms with Crippen LogP contribution >= 0.6 is 15.9 Å². The zero-order valence-corrected chi connectivity index (χ0v) is 15.2. The van der Waals surface area contributed by atoms with Crippen LogP contribution < -0.4 is 5.32 Å². The van der Waals surface area contributed by atoms with Crippen LogP contribution in [0.15, 0.2) is 77.3 Å². The fourth-order valence-electron chi connectivity index (χ4n) is 3.09. The van der Waals surface area contributed by atoms with E-state index >= 15 is 0 Å². The summed E-state index contributed by atoms with van der Waals surface area (Å²) in [6.07, 6.45) is -0.625. The van der Waals surface area contributed by atoms with Crippen LogP contribution in [-0.2, 0) is 4.74 Å². The molecule has 2 atom stereocenters. The normalized spacial score (nSPS) is 18.7. The fourth-order valence-corrected chi connectivity index (χ4v) is 3.46. The molecule has 3 aromatic carbocycles. The Morgan fingerprint density at radius 3 is 2.38 bits per heavy atom. The molecule has 1 N–H and O–H groups in total. The molecule has 5 nitrogen and oxygen atoms in total. The second kappa shape index (κ2) is 6.90. The number of nitro groups is 1. The van der Waals surface area contributed by atoms with Gasteiger partial charge in [-0.25, -0.2) is 0 Å². The Morgan fingerprint density at radius 2 is 1.69 bits per heavy atom. The molecule has 0 saturated heterocycles. The van der Waals surface area contributed by atoms with Crippen LogP contribution in [0.1, 0.15) is 29.0 Å². The van der Waals surface area contributed by atoms with Gasteiger partial charge in [-0.1, -0.05) is 46.3 Å². The Morgan fingerprint density at radius 1 is 0.962 bits per heavy atom. The summed E-state index contributed by atoms with van der Waals surface area (Å²) >= 11 is 3.52. The third kappa shape index (κ3) is 3.21. The number of fused-ring (bicyclic) bond motifs is 1. The maximum atomic E-state index is 10.9. The summed E-state index contributed by atoms with van der Waals surface area (Å²) in [7, 11) is 0. The van der Waals surface area contributed by atoms with E-state index < -0.39 is 11.2 Å². The lowest BCUT2D eigenvalue weighted by molar-refractivity contribution is -0.384. The van der Waals surface area contributed by atoms with Crippen LogP contribution in [0.4, 0.5) is 11.4 Å². The molecule has 0 aliphatic carbocycles. The highest BCUT2D eigenvalue weighted by molar-refractivity contribution is 9.10. The second-order valence-electron chi connectivity index (χ2n) is 6.03. The van der Waals surface area contributed by atoms with Crippen LogP contribution in [0.25, 0.3) is 0 Å². The molecule has 1 heterocycles. The van der Waals surface area contributed by atoms with Crippen molar-refractivity contribution in [2.24, 2.45) is 0 Å². The Labute approximate surface area is 158 Å². The lowest BCUT2D eigenvalue weighted by Gasteiger charge is -2.34. The van der Waals surface area contributed by atoms with Crippen LogP contribution in [-0.4, -0.2) is 4.92 Å². The van der Waals surface area contributed by atoms with Crippen LogP contribution in [0.5, 0.6) is 0 Å². The Bertz CT molecular complexity index is 945. The van der Waals surface area contributed by atoms with Gasteiger partial charge in [0.15, 0.2) is 6.23 Å². The third-order valence-corrected chi connectivity index (χ3v) is 4.86. The summed E-state index contributed by atoms with van der Waals surface area (Å²) in [5, 5.41) is 14.3. The van der Waals surface area contributed by atoms with Crippen molar-refractivity contribution in [1.82, 2.24) is 0 Å². The number of non-ortho nitro benzene ring substituents is 1. The smallest absolute Gasteiger partial charge is 0.269 e. The van der Waals surface area contributed by atoms with E-state index in [9.17, 15) is 10.1 Å². The van der Waals surface area contributed by atoms with Crippen molar-refractivity contribution in [3.8, 4) is 0 Å². The van der Waals surface area contributed by atoms with Crippen molar-refractivity contribution < 1.29 is 9.66 Å². The van der Waals surface area contributed by atoms with Crippen molar-refractivity contribution in [1.29, 1.82) is 0 Å². The molecule has 0 amide bonds. The van der Waals surface area contributed by atoms with E-state index in [-0.39, 0.29) is 11.8 Å². The predicted octanol–water partition coefficient (Wildman–Crippen LogP) is 5.59. The van der Waals surface area contributed by atoms with E-state index in [0.29, 0.717) is 0 Å². The van der Waals surface area contributed by atoms with E-state index in [2.05, 4.69) is 21.2 Å². The van der Waals surface area contributed by atoms with Crippen molar-refractivity contribution in [2.75, 3.05) is 5.32 Å². The number of nitro benzene ring substituents is 1. The molecule has 1 aliphatic rings. The number of halogens is 1. The van der Waals surface area contributed by atoms with Crippen LogP contribution in [0, 0.1) is 10.1 Å². The van der Waals surface area contributed by atoms with E-state index in [4.69, 9.17) is 4.74 Å². The molecule has 0 saturated carbocycles. The number of hydrogen-bond acceptors (Lipinski definition) is 4. The molecule has 0 fully saturated rings. The molecule has 0 radical (unpaired) electrons. The molecule has 0 unspecified atom stereocenters. The van der Waals surface area contributed by atoms with Crippen LogP contribution in [0.2, 0.25) is 0 Å². The van der Waals surface area contributed by atoms with E-state index in [1.165, 1.54) is 12.1 Å². The molecule has 4 rings (SSSR count). The average molecular weight is 411 g/mol. The van der Waals surface area contributed by atoms with E-state index in [0.717, 1.165) is 26.9 Å². The summed E-state index contributed by atoms with van der Waals surface area (Å²) < 4.78 is 7.32. The largest absolute Gasteiger partial charge is 0.356 e. The molecule has 6 heteroatoms. The van der Waals surface area contributed by atoms with E-state index in [1.54, 1.807) is 12.1 Å². The molecule has 3 aromatic rings.